The summed E-state index contributed by atoms with van der Waals surface area (Å²) in [5.74, 6) is -2.06. The number of anilines is 1. The zero-order valence-electron chi connectivity index (χ0n) is 11.8. The van der Waals surface area contributed by atoms with Crippen molar-refractivity contribution in [3.8, 4) is 0 Å². The number of hydrogen-bond donors (Lipinski definition) is 2. The highest BCUT2D eigenvalue weighted by atomic mass is 19.1. The Balaban J connectivity index is 1.90. The Kier molecular flexibility index (Phi) is 4.98. The first kappa shape index (κ1) is 15.4. The molecule has 0 saturated heterocycles. The van der Waals surface area contributed by atoms with Crippen LogP contribution in [-0.2, 0) is 9.59 Å². The van der Waals surface area contributed by atoms with Crippen molar-refractivity contribution in [3.63, 3.8) is 0 Å². The minimum absolute atomic E-state index is 0.362. The number of rotatable bonds is 3. The van der Waals surface area contributed by atoms with E-state index in [0.29, 0.717) is 11.3 Å². The van der Waals surface area contributed by atoms with Gasteiger partial charge in [-0.05, 0) is 36.2 Å². The first-order valence-electron chi connectivity index (χ1n) is 6.52. The normalized spacial score (nSPS) is 10.5. The van der Waals surface area contributed by atoms with Gasteiger partial charge in [0.2, 0.25) is 0 Å². The van der Waals surface area contributed by atoms with E-state index in [9.17, 15) is 14.0 Å². The molecule has 0 heterocycles. The Morgan fingerprint density at radius 2 is 1.73 bits per heavy atom. The highest BCUT2D eigenvalue weighted by Gasteiger charge is 2.13. The topological polar surface area (TPSA) is 70.6 Å². The van der Waals surface area contributed by atoms with Crippen molar-refractivity contribution in [1.29, 1.82) is 0 Å². The lowest BCUT2D eigenvalue weighted by atomic mass is 10.2. The van der Waals surface area contributed by atoms with Gasteiger partial charge in [0.1, 0.15) is 5.82 Å². The van der Waals surface area contributed by atoms with Crippen LogP contribution in [0.5, 0.6) is 0 Å². The van der Waals surface area contributed by atoms with Crippen LogP contribution in [0.15, 0.2) is 53.6 Å². The van der Waals surface area contributed by atoms with Crippen molar-refractivity contribution >= 4 is 23.7 Å². The Morgan fingerprint density at radius 1 is 1.05 bits per heavy atom. The van der Waals surface area contributed by atoms with Crippen LogP contribution in [0, 0.1) is 12.7 Å². The third-order valence-electron chi connectivity index (χ3n) is 2.85. The summed E-state index contributed by atoms with van der Waals surface area (Å²) in [6.45, 7) is 1.82. The number of benzene rings is 2. The van der Waals surface area contributed by atoms with Crippen LogP contribution in [0.25, 0.3) is 0 Å². The molecule has 0 spiro atoms. The molecule has 0 fully saturated rings. The summed E-state index contributed by atoms with van der Waals surface area (Å²) in [6, 6.07) is 12.6. The van der Waals surface area contributed by atoms with E-state index in [-0.39, 0.29) is 5.82 Å². The van der Waals surface area contributed by atoms with Crippen molar-refractivity contribution in [1.82, 2.24) is 5.43 Å². The van der Waals surface area contributed by atoms with E-state index in [4.69, 9.17) is 0 Å². The summed E-state index contributed by atoms with van der Waals surface area (Å²) in [6.07, 6.45) is 1.32. The van der Waals surface area contributed by atoms with Crippen molar-refractivity contribution < 1.29 is 14.0 Å². The number of aryl methyl sites for hydroxylation is 1. The second-order valence-electron chi connectivity index (χ2n) is 4.52. The lowest BCUT2D eigenvalue weighted by Crippen LogP contribution is -2.32. The maximum Gasteiger partial charge on any atom is 0.329 e. The number of hydrogen-bond acceptors (Lipinski definition) is 3. The first-order valence-corrected chi connectivity index (χ1v) is 6.52. The third kappa shape index (κ3) is 4.24. The molecule has 112 valence electrons. The van der Waals surface area contributed by atoms with E-state index in [1.165, 1.54) is 30.5 Å². The summed E-state index contributed by atoms with van der Waals surface area (Å²) < 4.78 is 12.7. The van der Waals surface area contributed by atoms with Crippen LogP contribution in [0.1, 0.15) is 11.1 Å². The summed E-state index contributed by atoms with van der Waals surface area (Å²) >= 11 is 0. The molecule has 2 amide bonds. The Labute approximate surface area is 126 Å². The van der Waals surface area contributed by atoms with E-state index in [0.717, 1.165) is 5.56 Å². The van der Waals surface area contributed by atoms with Gasteiger partial charge in [-0.2, -0.15) is 5.10 Å². The van der Waals surface area contributed by atoms with Gasteiger partial charge in [0.25, 0.3) is 0 Å². The number of halogens is 1. The minimum Gasteiger partial charge on any atom is -0.317 e. The van der Waals surface area contributed by atoms with E-state index in [1.807, 2.05) is 19.1 Å². The number of carbonyl (C=O) groups excluding carboxylic acids is 2. The Hall–Kier alpha value is -3.02. The van der Waals surface area contributed by atoms with Crippen LogP contribution in [0.3, 0.4) is 0 Å². The van der Waals surface area contributed by atoms with Crippen molar-refractivity contribution in [2.75, 3.05) is 5.32 Å². The van der Waals surface area contributed by atoms with Crippen molar-refractivity contribution in [2.24, 2.45) is 5.10 Å². The monoisotopic (exact) mass is 299 g/mol. The van der Waals surface area contributed by atoms with Gasteiger partial charge < -0.3 is 5.32 Å². The minimum atomic E-state index is -0.887. The molecule has 0 aliphatic carbocycles. The maximum absolute atomic E-state index is 12.7. The van der Waals surface area contributed by atoms with Gasteiger partial charge in [-0.1, -0.05) is 30.3 Å². The Morgan fingerprint density at radius 3 is 2.41 bits per heavy atom. The van der Waals surface area contributed by atoms with Crippen LogP contribution in [0.2, 0.25) is 0 Å². The molecule has 2 N–H and O–H groups in total. The molecule has 0 aliphatic rings. The Bertz CT molecular complexity index is 712. The van der Waals surface area contributed by atoms with Crippen LogP contribution < -0.4 is 10.7 Å². The fourth-order valence-electron chi connectivity index (χ4n) is 1.66. The predicted octanol–water partition coefficient (Wildman–Crippen LogP) is 2.22. The molecule has 0 bridgehead atoms. The average molecular weight is 299 g/mol. The standard InChI is InChI=1S/C16H14FN3O2/c1-11-4-2-3-5-14(11)19-15(21)16(22)20-18-10-12-6-8-13(17)9-7-12/h2-10H,1H3,(H,19,21)(H,20,22)/b18-10-. The molecule has 22 heavy (non-hydrogen) atoms. The lowest BCUT2D eigenvalue weighted by molar-refractivity contribution is -0.136. The number of carbonyl (C=O) groups is 2. The number of nitrogens with one attached hydrogen (secondary N) is 2. The number of hydrazone groups is 1. The van der Waals surface area contributed by atoms with Gasteiger partial charge in [0, 0.05) is 5.69 Å². The van der Waals surface area contributed by atoms with E-state index >= 15 is 0 Å². The maximum atomic E-state index is 12.7. The van der Waals surface area contributed by atoms with Gasteiger partial charge in [0.15, 0.2) is 0 Å². The largest absolute Gasteiger partial charge is 0.329 e. The summed E-state index contributed by atoms with van der Waals surface area (Å²) in [5, 5.41) is 6.14. The third-order valence-corrected chi connectivity index (χ3v) is 2.85. The average Bonchev–Trinajstić information content (AvgIpc) is 2.51. The molecule has 0 atom stereocenters. The smallest absolute Gasteiger partial charge is 0.317 e. The fraction of sp³-hybridized carbons (Fsp3) is 0.0625. The predicted molar refractivity (Wildman–Crippen MR) is 81.9 cm³/mol. The molecule has 0 radical (unpaired) electrons. The molecule has 0 unspecified atom stereocenters. The molecule has 2 aromatic carbocycles. The van der Waals surface area contributed by atoms with Gasteiger partial charge in [-0.15, -0.1) is 0 Å². The highest BCUT2D eigenvalue weighted by molar-refractivity contribution is 6.39. The lowest BCUT2D eigenvalue weighted by Gasteiger charge is -2.06. The van der Waals surface area contributed by atoms with Crippen LogP contribution in [0.4, 0.5) is 10.1 Å². The quantitative estimate of drug-likeness (QED) is 0.518. The number of nitrogens with zero attached hydrogens (tertiary/aromatic N) is 1. The van der Waals surface area contributed by atoms with Crippen LogP contribution in [-0.4, -0.2) is 18.0 Å². The first-order chi connectivity index (χ1) is 10.6. The molecule has 5 nitrogen and oxygen atoms in total. The SMILES string of the molecule is Cc1ccccc1NC(=O)C(=O)N/N=C\c1ccc(F)cc1. The molecular formula is C16H14FN3O2. The van der Waals surface area contributed by atoms with Crippen molar-refractivity contribution in [3.05, 3.63) is 65.5 Å². The van der Waals surface area contributed by atoms with Crippen LogP contribution >= 0.6 is 0 Å². The second kappa shape index (κ2) is 7.12. The highest BCUT2D eigenvalue weighted by Crippen LogP contribution is 2.12. The fourth-order valence-corrected chi connectivity index (χ4v) is 1.66. The van der Waals surface area contributed by atoms with Gasteiger partial charge in [0.05, 0.1) is 6.21 Å². The molecule has 2 aromatic rings. The van der Waals surface area contributed by atoms with E-state index in [1.54, 1.807) is 12.1 Å². The summed E-state index contributed by atoms with van der Waals surface area (Å²) in [4.78, 5) is 23.3. The number of para-hydroxylation sites is 1. The van der Waals surface area contributed by atoms with E-state index in [2.05, 4.69) is 15.8 Å². The summed E-state index contributed by atoms with van der Waals surface area (Å²) in [5.41, 5.74) is 4.11. The van der Waals surface area contributed by atoms with Gasteiger partial charge in [-0.25, -0.2) is 9.82 Å². The second-order valence-corrected chi connectivity index (χ2v) is 4.52. The zero-order chi connectivity index (χ0) is 15.9. The van der Waals surface area contributed by atoms with Crippen molar-refractivity contribution in [2.45, 2.75) is 6.92 Å². The molecule has 6 heteroatoms. The van der Waals surface area contributed by atoms with Gasteiger partial charge in [-0.3, -0.25) is 9.59 Å². The molecule has 0 aromatic heterocycles. The van der Waals surface area contributed by atoms with E-state index < -0.39 is 11.8 Å². The van der Waals surface area contributed by atoms with Gasteiger partial charge >= 0.3 is 11.8 Å². The number of amides is 2. The molecule has 2 rings (SSSR count). The zero-order valence-corrected chi connectivity index (χ0v) is 11.8. The molecular weight excluding hydrogens is 285 g/mol. The summed E-state index contributed by atoms with van der Waals surface area (Å²) in [7, 11) is 0. The molecule has 0 saturated carbocycles. The molecule has 0 aliphatic heterocycles.